The van der Waals surface area contributed by atoms with Crippen molar-refractivity contribution in [1.29, 1.82) is 0 Å². The van der Waals surface area contributed by atoms with Crippen LogP contribution < -0.4 is 0 Å². The summed E-state index contributed by atoms with van der Waals surface area (Å²) in [6.07, 6.45) is 0. The van der Waals surface area contributed by atoms with Gasteiger partial charge in [-0.15, -0.1) is 11.6 Å². The van der Waals surface area contributed by atoms with E-state index in [0.29, 0.717) is 0 Å². The Morgan fingerprint density at radius 3 is 2.00 bits per heavy atom. The van der Waals surface area contributed by atoms with Crippen molar-refractivity contribution in [1.82, 2.24) is 0 Å². The van der Waals surface area contributed by atoms with E-state index in [1.54, 1.807) is 0 Å². The first-order chi connectivity index (χ1) is 7.68. The van der Waals surface area contributed by atoms with Crippen LogP contribution in [0.4, 0.5) is 0 Å². The molecule has 1 aromatic carbocycles. The van der Waals surface area contributed by atoms with Gasteiger partial charge in [-0.05, 0) is 11.6 Å². The minimum absolute atomic E-state index is 0. The number of hydrogen-bond donors (Lipinski definition) is 2. The van der Waals surface area contributed by atoms with Crippen LogP contribution >= 0.6 is 11.6 Å². The van der Waals surface area contributed by atoms with Crippen LogP contribution in [-0.4, -0.2) is 61.4 Å². The van der Waals surface area contributed by atoms with Gasteiger partial charge in [0.25, 0.3) is 20.2 Å². The summed E-state index contributed by atoms with van der Waals surface area (Å²) < 4.78 is 62.0. The molecule has 10 heteroatoms. The summed E-state index contributed by atoms with van der Waals surface area (Å²) in [5.41, 5.74) is -0.271. The van der Waals surface area contributed by atoms with E-state index < -0.39 is 36.3 Å². The molecule has 1 rings (SSSR count). The molecule has 0 aliphatic rings. The summed E-state index contributed by atoms with van der Waals surface area (Å²) in [6.45, 7) is 0. The van der Waals surface area contributed by atoms with Crippen LogP contribution in [0.1, 0.15) is 10.8 Å². The third-order valence-electron chi connectivity index (χ3n) is 2.04. The monoisotopic (exact) mass is 324 g/mol. The van der Waals surface area contributed by atoms with Crippen molar-refractivity contribution in [3.8, 4) is 0 Å². The summed E-state index contributed by atoms with van der Waals surface area (Å²) in [6, 6.07) is 4.86. The number of rotatable bonds is 4. The Hall–Kier alpha value is 0.330. The second-order valence-electron chi connectivity index (χ2n) is 3.17. The van der Waals surface area contributed by atoms with Crippen LogP contribution in [0.5, 0.6) is 0 Å². The molecular weight excluding hydrogens is 315 g/mol. The van der Waals surface area contributed by atoms with Gasteiger partial charge >= 0.3 is 29.6 Å². The summed E-state index contributed by atoms with van der Waals surface area (Å²) >= 11 is 5.39. The van der Waals surface area contributed by atoms with Gasteiger partial charge in [0.2, 0.25) is 0 Å². The van der Waals surface area contributed by atoms with E-state index in [2.05, 4.69) is 0 Å². The van der Waals surface area contributed by atoms with Gasteiger partial charge < -0.3 is 0 Å². The zero-order valence-corrected chi connectivity index (χ0v) is 10.7. The van der Waals surface area contributed by atoms with Crippen molar-refractivity contribution >= 4 is 61.4 Å². The normalized spacial score (nSPS) is 13.7. The van der Waals surface area contributed by atoms with E-state index in [0.717, 1.165) is 12.1 Å². The van der Waals surface area contributed by atoms with E-state index in [1.807, 2.05) is 0 Å². The Kier molecular flexibility index (Phi) is 6.79. The fourth-order valence-corrected chi connectivity index (χ4v) is 3.47. The van der Waals surface area contributed by atoms with Crippen molar-refractivity contribution in [3.05, 3.63) is 29.8 Å². The summed E-state index contributed by atoms with van der Waals surface area (Å²) in [5.74, 6) is -0.536. The number of benzene rings is 1. The predicted octanol–water partition coefficient (Wildman–Crippen LogP) is 0.453. The molecule has 0 aliphatic heterocycles. The van der Waals surface area contributed by atoms with Crippen LogP contribution in [0.2, 0.25) is 0 Å². The zero-order chi connectivity index (χ0) is 13.3. The van der Waals surface area contributed by atoms with Crippen LogP contribution in [0.15, 0.2) is 29.2 Å². The fourth-order valence-electron chi connectivity index (χ4n) is 1.30. The molecule has 0 bridgehead atoms. The van der Waals surface area contributed by atoms with Crippen molar-refractivity contribution in [2.75, 3.05) is 5.88 Å². The van der Waals surface area contributed by atoms with E-state index in [-0.39, 0.29) is 35.1 Å². The van der Waals surface area contributed by atoms with Gasteiger partial charge in [0.1, 0.15) is 5.25 Å². The van der Waals surface area contributed by atoms with Gasteiger partial charge in [0.05, 0.1) is 4.90 Å². The van der Waals surface area contributed by atoms with Crippen molar-refractivity contribution < 1.29 is 25.9 Å². The van der Waals surface area contributed by atoms with Crippen LogP contribution in [0.3, 0.4) is 0 Å². The van der Waals surface area contributed by atoms with Crippen molar-refractivity contribution in [2.24, 2.45) is 0 Å². The molecule has 0 saturated heterocycles. The Labute approximate surface area is 132 Å². The molecule has 2 N–H and O–H groups in total. The van der Waals surface area contributed by atoms with Crippen LogP contribution in [0.25, 0.3) is 0 Å². The second kappa shape index (κ2) is 6.67. The average Bonchev–Trinajstić information content (AvgIpc) is 2.15. The molecular formula is C8H10ClNaO6S2. The molecule has 0 spiro atoms. The Bertz CT molecular complexity index is 612. The van der Waals surface area contributed by atoms with Gasteiger partial charge in [0.15, 0.2) is 0 Å². The predicted molar refractivity (Wildman–Crippen MR) is 68.4 cm³/mol. The molecule has 0 fully saturated rings. The molecule has 0 aromatic heterocycles. The molecule has 0 amide bonds. The van der Waals surface area contributed by atoms with Crippen molar-refractivity contribution in [2.45, 2.75) is 10.1 Å². The first-order valence-corrected chi connectivity index (χ1v) is 7.74. The van der Waals surface area contributed by atoms with Crippen LogP contribution in [0, 0.1) is 0 Å². The number of hydrogen-bond acceptors (Lipinski definition) is 4. The van der Waals surface area contributed by atoms with Crippen molar-refractivity contribution in [3.63, 3.8) is 0 Å². The van der Waals surface area contributed by atoms with Gasteiger partial charge in [0, 0.05) is 5.88 Å². The minimum atomic E-state index is -4.58. The fraction of sp³-hybridized carbons (Fsp3) is 0.250. The summed E-state index contributed by atoms with van der Waals surface area (Å²) in [7, 11) is -9.14. The number of halogens is 1. The van der Waals surface area contributed by atoms with E-state index in [1.165, 1.54) is 12.1 Å². The summed E-state index contributed by atoms with van der Waals surface area (Å²) in [5, 5.41) is -1.61. The molecule has 6 nitrogen and oxygen atoms in total. The SMILES string of the molecule is O=S(=O)(O)c1ccccc1C(CCl)S(=O)(=O)O.[NaH]. The standard InChI is InChI=1S/C8H9ClO6S2.Na.H/c9-5-8(17(13,14)15)6-3-1-2-4-7(6)16(10,11)12;;/h1-4,8H,5H2,(H,10,11,12)(H,13,14,15);;. The van der Waals surface area contributed by atoms with Gasteiger partial charge in [-0.1, -0.05) is 18.2 Å². The average molecular weight is 325 g/mol. The quantitative estimate of drug-likeness (QED) is 0.473. The zero-order valence-electron chi connectivity index (χ0n) is 8.32. The van der Waals surface area contributed by atoms with Gasteiger partial charge in [-0.3, -0.25) is 9.11 Å². The van der Waals surface area contributed by atoms with Crippen LogP contribution in [-0.2, 0) is 20.2 Å². The Morgan fingerprint density at radius 2 is 1.61 bits per heavy atom. The molecule has 1 unspecified atom stereocenters. The first kappa shape index (κ1) is 18.3. The molecule has 1 aromatic rings. The Morgan fingerprint density at radius 1 is 1.11 bits per heavy atom. The first-order valence-electron chi connectivity index (χ1n) is 4.26. The topological polar surface area (TPSA) is 109 Å². The van der Waals surface area contributed by atoms with E-state index in [4.69, 9.17) is 20.7 Å². The maximum atomic E-state index is 11.0. The second-order valence-corrected chi connectivity index (χ2v) is 6.47. The molecule has 98 valence electrons. The molecule has 18 heavy (non-hydrogen) atoms. The third-order valence-corrected chi connectivity index (χ3v) is 4.60. The maximum absolute atomic E-state index is 11.0. The molecule has 1 atom stereocenters. The van der Waals surface area contributed by atoms with E-state index in [9.17, 15) is 16.8 Å². The number of alkyl halides is 1. The molecule has 0 radical (unpaired) electrons. The third kappa shape index (κ3) is 4.46. The molecule has 0 aliphatic carbocycles. The van der Waals surface area contributed by atoms with Gasteiger partial charge in [-0.2, -0.15) is 16.8 Å². The molecule has 0 saturated carbocycles. The summed E-state index contributed by atoms with van der Waals surface area (Å²) in [4.78, 5) is -0.594. The van der Waals surface area contributed by atoms with Gasteiger partial charge in [-0.25, -0.2) is 0 Å². The Balaban J connectivity index is 0.00000289. The molecule has 0 heterocycles. The van der Waals surface area contributed by atoms with E-state index >= 15 is 0 Å².